The van der Waals surface area contributed by atoms with Gasteiger partial charge in [0.1, 0.15) is 11.4 Å². The lowest BCUT2D eigenvalue weighted by molar-refractivity contribution is -0.116. The highest BCUT2D eigenvalue weighted by molar-refractivity contribution is 7.89. The summed E-state index contributed by atoms with van der Waals surface area (Å²) in [5.41, 5.74) is 4.24. The molecule has 26 heavy (non-hydrogen) atoms. The van der Waals surface area contributed by atoms with Crippen LogP contribution in [-0.2, 0) is 34.2 Å². The van der Waals surface area contributed by atoms with Gasteiger partial charge in [-0.1, -0.05) is 6.07 Å². The van der Waals surface area contributed by atoms with Crippen molar-refractivity contribution in [2.24, 2.45) is 0 Å². The quantitative estimate of drug-likeness (QED) is 0.863. The van der Waals surface area contributed by atoms with Crippen molar-refractivity contribution in [3.63, 3.8) is 0 Å². The number of amides is 1. The van der Waals surface area contributed by atoms with Crippen LogP contribution in [0.1, 0.15) is 28.9 Å². The number of aromatic nitrogens is 2. The minimum atomic E-state index is -3.60. The molecule has 1 aliphatic rings. The van der Waals surface area contributed by atoms with Gasteiger partial charge in [0.25, 0.3) is 0 Å². The predicted molar refractivity (Wildman–Crippen MR) is 99.7 cm³/mol. The molecule has 1 aliphatic carbocycles. The third-order valence-corrected chi connectivity index (χ3v) is 6.80. The number of nitrogens with one attached hydrogen (secondary N) is 1. The van der Waals surface area contributed by atoms with Crippen LogP contribution in [-0.4, -0.2) is 42.5 Å². The van der Waals surface area contributed by atoms with Crippen LogP contribution in [0, 0.1) is 13.8 Å². The highest BCUT2D eigenvalue weighted by Crippen LogP contribution is 2.25. The third-order valence-electron chi connectivity index (χ3n) is 4.73. The number of carbonyl (C=O) groups is 1. The Balaban J connectivity index is 1.78. The molecule has 1 aromatic carbocycles. The summed E-state index contributed by atoms with van der Waals surface area (Å²) < 4.78 is 27.5. The summed E-state index contributed by atoms with van der Waals surface area (Å²) in [5.74, 6) is -0.234. The van der Waals surface area contributed by atoms with Crippen molar-refractivity contribution in [1.29, 1.82) is 0 Å². The first-order valence-electron chi connectivity index (χ1n) is 8.58. The fraction of sp³-hybridized carbons (Fsp3) is 0.444. The van der Waals surface area contributed by atoms with E-state index in [9.17, 15) is 13.2 Å². The first kappa shape index (κ1) is 18.6. The molecule has 1 amide bonds. The second kappa shape index (κ2) is 6.85. The Morgan fingerprint density at radius 2 is 1.92 bits per heavy atom. The number of hydrogen-bond donors (Lipinski definition) is 1. The van der Waals surface area contributed by atoms with Crippen molar-refractivity contribution in [1.82, 2.24) is 14.1 Å². The molecule has 8 heteroatoms. The number of sulfonamides is 1. The van der Waals surface area contributed by atoms with Crippen LogP contribution >= 0.6 is 0 Å². The first-order chi connectivity index (χ1) is 12.2. The molecule has 0 saturated heterocycles. The van der Waals surface area contributed by atoms with Gasteiger partial charge in [-0.25, -0.2) is 12.7 Å². The SMILES string of the molecule is Cc1nn(CC(=O)Nc2ccc3c(c2)CCC3)c(C)c1S(=O)(=O)N(C)C. The van der Waals surface area contributed by atoms with Crippen LogP contribution in [0.2, 0.25) is 0 Å². The second-order valence-electron chi connectivity index (χ2n) is 6.83. The Morgan fingerprint density at radius 1 is 1.23 bits per heavy atom. The van der Waals surface area contributed by atoms with Crippen molar-refractivity contribution >= 4 is 21.6 Å². The first-order valence-corrected chi connectivity index (χ1v) is 10.0. The van der Waals surface area contributed by atoms with E-state index >= 15 is 0 Å². The molecule has 7 nitrogen and oxygen atoms in total. The molecule has 1 heterocycles. The van der Waals surface area contributed by atoms with E-state index in [1.807, 2.05) is 12.1 Å². The molecule has 1 aromatic heterocycles. The van der Waals surface area contributed by atoms with E-state index < -0.39 is 10.0 Å². The van der Waals surface area contributed by atoms with Gasteiger partial charge >= 0.3 is 0 Å². The van der Waals surface area contributed by atoms with Crippen LogP contribution in [0.15, 0.2) is 23.1 Å². The average molecular weight is 376 g/mol. The highest BCUT2D eigenvalue weighted by Gasteiger charge is 2.27. The highest BCUT2D eigenvalue weighted by atomic mass is 32.2. The van der Waals surface area contributed by atoms with E-state index in [4.69, 9.17) is 0 Å². The number of benzene rings is 1. The van der Waals surface area contributed by atoms with Crippen LogP contribution in [0.25, 0.3) is 0 Å². The Bertz CT molecular complexity index is 961. The Labute approximate surface area is 154 Å². The Hall–Kier alpha value is -2.19. The van der Waals surface area contributed by atoms with Crippen LogP contribution in [0.3, 0.4) is 0 Å². The molecule has 0 saturated carbocycles. The summed E-state index contributed by atoms with van der Waals surface area (Å²) in [5, 5.41) is 7.13. The van der Waals surface area contributed by atoms with Gasteiger partial charge in [0, 0.05) is 19.8 Å². The molecule has 3 rings (SSSR count). The van der Waals surface area contributed by atoms with Crippen molar-refractivity contribution in [3.8, 4) is 0 Å². The zero-order chi connectivity index (χ0) is 19.1. The lowest BCUT2D eigenvalue weighted by atomic mass is 10.1. The number of fused-ring (bicyclic) bond motifs is 1. The maximum atomic E-state index is 12.4. The van der Waals surface area contributed by atoms with Gasteiger partial charge in [0.05, 0.1) is 11.4 Å². The van der Waals surface area contributed by atoms with E-state index in [2.05, 4.69) is 16.5 Å². The largest absolute Gasteiger partial charge is 0.324 e. The maximum Gasteiger partial charge on any atom is 0.246 e. The predicted octanol–water partition coefficient (Wildman–Crippen LogP) is 1.88. The van der Waals surface area contributed by atoms with Crippen LogP contribution < -0.4 is 5.32 Å². The van der Waals surface area contributed by atoms with Gasteiger partial charge < -0.3 is 5.32 Å². The van der Waals surface area contributed by atoms with Gasteiger partial charge in [-0.15, -0.1) is 0 Å². The summed E-state index contributed by atoms with van der Waals surface area (Å²) in [6, 6.07) is 5.98. The number of nitrogens with zero attached hydrogens (tertiary/aromatic N) is 3. The fourth-order valence-corrected chi connectivity index (χ4v) is 4.63. The molecule has 0 fully saturated rings. The lowest BCUT2D eigenvalue weighted by Crippen LogP contribution is -2.24. The molecule has 1 N–H and O–H groups in total. The van der Waals surface area contributed by atoms with E-state index in [1.54, 1.807) is 13.8 Å². The number of hydrogen-bond acceptors (Lipinski definition) is 4. The molecular formula is C18H24N4O3S. The maximum absolute atomic E-state index is 12.4. The number of rotatable bonds is 5. The van der Waals surface area contributed by atoms with Crippen molar-refractivity contribution in [3.05, 3.63) is 40.7 Å². The standard InChI is InChI=1S/C18H24N4O3S/c1-12-18(26(24,25)21(3)4)13(2)22(20-12)11-17(23)19-16-9-8-14-6-5-7-15(14)10-16/h8-10H,5-7,11H2,1-4H3,(H,19,23). The van der Waals surface area contributed by atoms with E-state index in [1.165, 1.54) is 29.9 Å². The molecule has 0 radical (unpaired) electrons. The molecular weight excluding hydrogens is 352 g/mol. The monoisotopic (exact) mass is 376 g/mol. The van der Waals surface area contributed by atoms with Crippen molar-refractivity contribution < 1.29 is 13.2 Å². The van der Waals surface area contributed by atoms with Crippen LogP contribution in [0.5, 0.6) is 0 Å². The molecule has 2 aromatic rings. The molecule has 140 valence electrons. The molecule has 0 spiro atoms. The Morgan fingerprint density at radius 3 is 2.62 bits per heavy atom. The van der Waals surface area contributed by atoms with Gasteiger partial charge in [-0.2, -0.15) is 5.10 Å². The zero-order valence-electron chi connectivity index (χ0n) is 15.5. The number of anilines is 1. The zero-order valence-corrected chi connectivity index (χ0v) is 16.4. The lowest BCUT2D eigenvalue weighted by Gasteiger charge is -2.12. The molecule has 0 aliphatic heterocycles. The van der Waals surface area contributed by atoms with Gasteiger partial charge in [0.15, 0.2) is 0 Å². The van der Waals surface area contributed by atoms with E-state index in [0.29, 0.717) is 11.4 Å². The smallest absolute Gasteiger partial charge is 0.246 e. The van der Waals surface area contributed by atoms with E-state index in [-0.39, 0.29) is 17.3 Å². The minimum absolute atomic E-state index is 0.0350. The fourth-order valence-electron chi connectivity index (χ4n) is 3.38. The van der Waals surface area contributed by atoms with Gasteiger partial charge in [0.2, 0.25) is 15.9 Å². The molecule has 0 unspecified atom stereocenters. The normalized spacial score (nSPS) is 13.9. The minimum Gasteiger partial charge on any atom is -0.324 e. The number of aryl methyl sites for hydroxylation is 3. The molecule has 0 bridgehead atoms. The van der Waals surface area contributed by atoms with Gasteiger partial charge in [-0.3, -0.25) is 9.48 Å². The van der Waals surface area contributed by atoms with E-state index in [0.717, 1.165) is 29.3 Å². The van der Waals surface area contributed by atoms with Gasteiger partial charge in [-0.05, 0) is 56.4 Å². The summed E-state index contributed by atoms with van der Waals surface area (Å²) in [6.07, 6.45) is 3.29. The number of carbonyl (C=O) groups excluding carboxylic acids is 1. The van der Waals surface area contributed by atoms with Crippen molar-refractivity contribution in [2.75, 3.05) is 19.4 Å². The third kappa shape index (κ3) is 3.39. The second-order valence-corrected chi connectivity index (χ2v) is 8.92. The average Bonchev–Trinajstić information content (AvgIpc) is 3.11. The van der Waals surface area contributed by atoms with Crippen molar-refractivity contribution in [2.45, 2.75) is 44.6 Å². The summed E-state index contributed by atoms with van der Waals surface area (Å²) in [6.45, 7) is 3.27. The topological polar surface area (TPSA) is 84.3 Å². The summed E-state index contributed by atoms with van der Waals surface area (Å²) >= 11 is 0. The summed E-state index contributed by atoms with van der Waals surface area (Å²) in [7, 11) is -0.644. The van der Waals surface area contributed by atoms with Crippen LogP contribution in [0.4, 0.5) is 5.69 Å². The molecule has 0 atom stereocenters. The summed E-state index contributed by atoms with van der Waals surface area (Å²) in [4.78, 5) is 12.6. The Kier molecular flexibility index (Phi) is 4.90.